The molecule has 3 rings (SSSR count). The van der Waals surface area contributed by atoms with Crippen LogP contribution >= 0.6 is 0 Å². The first-order valence-electron chi connectivity index (χ1n) is 20.3. The van der Waals surface area contributed by atoms with Gasteiger partial charge in [-0.3, -0.25) is 4.79 Å². The summed E-state index contributed by atoms with van der Waals surface area (Å²) in [5, 5.41) is -0.0771. The average Bonchev–Trinajstić information content (AvgIpc) is 3.18. The van der Waals surface area contributed by atoms with Crippen molar-refractivity contribution >= 4 is 20.3 Å². The predicted molar refractivity (Wildman–Crippen MR) is 223 cm³/mol. The van der Waals surface area contributed by atoms with Gasteiger partial charge in [0.05, 0.1) is 27.4 Å². The summed E-state index contributed by atoms with van der Waals surface area (Å²) in [6.45, 7) is 19.5. The maximum atomic E-state index is 13.6. The Labute approximate surface area is 343 Å². The van der Waals surface area contributed by atoms with Gasteiger partial charge in [-0.05, 0) is 60.3 Å². The average molecular weight is 815 g/mol. The highest BCUT2D eigenvalue weighted by Gasteiger charge is 2.61. The number of unbranched alkanes of at least 4 members (excludes halogenated alkanes) is 4. The lowest BCUT2D eigenvalue weighted by Gasteiger charge is -2.54. The van der Waals surface area contributed by atoms with Gasteiger partial charge in [0.2, 0.25) is 5.79 Å². The van der Waals surface area contributed by atoms with Gasteiger partial charge in [0.1, 0.15) is 11.9 Å². The molecule has 1 saturated heterocycles. The molecule has 1 heterocycles. The van der Waals surface area contributed by atoms with Crippen LogP contribution in [0.25, 0.3) is 0 Å². The zero-order valence-electron chi connectivity index (χ0n) is 36.6. The fraction of sp³-hybridized carbons (Fsp3) is 0.644. The minimum Gasteiger partial charge on any atom is -0.497 e. The summed E-state index contributed by atoms with van der Waals surface area (Å²) >= 11 is 0. The van der Waals surface area contributed by atoms with E-state index in [1.165, 1.54) is 20.3 Å². The molecule has 0 aromatic heterocycles. The summed E-state index contributed by atoms with van der Waals surface area (Å²) in [5.74, 6) is -1.97. The number of esters is 2. The Morgan fingerprint density at radius 1 is 0.895 bits per heavy atom. The molecule has 0 spiro atoms. The van der Waals surface area contributed by atoms with Crippen LogP contribution in [0.4, 0.5) is 0 Å². The second kappa shape index (κ2) is 22.3. The number of benzene rings is 2. The summed E-state index contributed by atoms with van der Waals surface area (Å²) in [5.41, 5.74) is 1.35. The Kier molecular flexibility index (Phi) is 18.9. The van der Waals surface area contributed by atoms with Crippen molar-refractivity contribution in [3.63, 3.8) is 0 Å². The molecule has 0 saturated carbocycles. The molecule has 1 aliphatic rings. The van der Waals surface area contributed by atoms with Crippen LogP contribution in [-0.4, -0.2) is 78.8 Å². The number of hydrogen-bond acceptors (Lipinski definition) is 11. The van der Waals surface area contributed by atoms with E-state index in [0.717, 1.165) is 42.6 Å². The van der Waals surface area contributed by atoms with E-state index < -0.39 is 56.2 Å². The van der Waals surface area contributed by atoms with Crippen LogP contribution in [0.2, 0.25) is 18.1 Å². The number of carbonyl (C=O) groups excluding carboxylic acids is 2. The summed E-state index contributed by atoms with van der Waals surface area (Å²) in [6, 6.07) is 17.4. The molecule has 57 heavy (non-hydrogen) atoms. The van der Waals surface area contributed by atoms with Crippen LogP contribution in [0.15, 0.2) is 66.2 Å². The number of rotatable bonds is 23. The molecule has 0 aliphatic carbocycles. The minimum atomic E-state index is -2.28. The van der Waals surface area contributed by atoms with Gasteiger partial charge in [0, 0.05) is 38.0 Å². The van der Waals surface area contributed by atoms with Gasteiger partial charge in [-0.15, -0.1) is 0 Å². The monoisotopic (exact) mass is 814 g/mol. The second-order valence-electron chi connectivity index (χ2n) is 17.0. The maximum absolute atomic E-state index is 13.6. The quantitative estimate of drug-likeness (QED) is 0.0351. The van der Waals surface area contributed by atoms with Gasteiger partial charge in [0.15, 0.2) is 27.0 Å². The lowest BCUT2D eigenvalue weighted by Crippen LogP contribution is -2.65. The first-order chi connectivity index (χ1) is 26.9. The Balaban J connectivity index is 2.06. The Morgan fingerprint density at radius 2 is 1.53 bits per heavy atom. The number of ether oxygens (including phenoxy) is 8. The van der Waals surface area contributed by atoms with Crippen molar-refractivity contribution in [2.24, 2.45) is 5.41 Å². The molecule has 1 aliphatic heterocycles. The predicted octanol–water partition coefficient (Wildman–Crippen LogP) is 9.67. The van der Waals surface area contributed by atoms with Crippen LogP contribution in [0.5, 0.6) is 5.75 Å². The smallest absolute Gasteiger partial charge is 0.330 e. The van der Waals surface area contributed by atoms with Crippen molar-refractivity contribution in [1.29, 1.82) is 0 Å². The second-order valence-corrected chi connectivity index (χ2v) is 21.8. The topological polar surface area (TPSA) is 117 Å². The number of methoxy groups -OCH3 is 3. The van der Waals surface area contributed by atoms with Crippen molar-refractivity contribution in [2.45, 2.75) is 155 Å². The SMILES string of the molecule is CCCCCCCC(=O)O[C@H]1C(=CC(=O)OC)C[C@@H](OC(OCc2ccc(OC)cc2)[C@H](C)OCc2ccccc2)OC1(OC)C(C)(C)CO[Si](C)(C)C(C)(C)C. The molecule has 11 nitrogen and oxygen atoms in total. The number of carbonyl (C=O) groups is 2. The lowest BCUT2D eigenvalue weighted by atomic mass is 9.76. The van der Waals surface area contributed by atoms with E-state index >= 15 is 0 Å². The van der Waals surface area contributed by atoms with Gasteiger partial charge in [0.25, 0.3) is 0 Å². The Hall–Kier alpha value is -3.10. The molecule has 2 aromatic carbocycles. The molecule has 2 unspecified atom stereocenters. The molecular formula is C45H70O11Si. The molecular weight excluding hydrogens is 745 g/mol. The zero-order valence-corrected chi connectivity index (χ0v) is 37.6. The van der Waals surface area contributed by atoms with Crippen molar-refractivity contribution in [3.8, 4) is 5.75 Å². The summed E-state index contributed by atoms with van der Waals surface area (Å²) in [7, 11) is 2.16. The Bertz CT molecular complexity index is 1540. The van der Waals surface area contributed by atoms with Gasteiger partial charge < -0.3 is 42.3 Å². The third-order valence-electron chi connectivity index (χ3n) is 11.1. The molecule has 0 N–H and O–H groups in total. The van der Waals surface area contributed by atoms with Gasteiger partial charge in [-0.1, -0.05) is 110 Å². The molecule has 1 fully saturated rings. The van der Waals surface area contributed by atoms with E-state index in [1.807, 2.05) is 75.4 Å². The van der Waals surface area contributed by atoms with Crippen molar-refractivity contribution in [1.82, 2.24) is 0 Å². The van der Waals surface area contributed by atoms with E-state index in [9.17, 15) is 9.59 Å². The van der Waals surface area contributed by atoms with Crippen molar-refractivity contribution in [3.05, 3.63) is 77.4 Å². The molecule has 0 amide bonds. The van der Waals surface area contributed by atoms with Crippen LogP contribution in [0.3, 0.4) is 0 Å². The van der Waals surface area contributed by atoms with E-state index in [0.29, 0.717) is 18.6 Å². The highest BCUT2D eigenvalue weighted by molar-refractivity contribution is 6.74. The van der Waals surface area contributed by atoms with E-state index in [-0.39, 0.29) is 31.1 Å². The van der Waals surface area contributed by atoms with E-state index in [1.54, 1.807) is 7.11 Å². The van der Waals surface area contributed by atoms with Crippen molar-refractivity contribution < 1.29 is 51.9 Å². The van der Waals surface area contributed by atoms with E-state index in [4.69, 9.17) is 42.3 Å². The summed E-state index contributed by atoms with van der Waals surface area (Å²) in [4.78, 5) is 26.7. The highest BCUT2D eigenvalue weighted by atomic mass is 28.4. The molecule has 12 heteroatoms. The zero-order chi connectivity index (χ0) is 42.3. The maximum Gasteiger partial charge on any atom is 0.330 e. The third kappa shape index (κ3) is 14.0. The first-order valence-corrected chi connectivity index (χ1v) is 23.2. The normalized spacial score (nSPS) is 20.9. The van der Waals surface area contributed by atoms with Crippen molar-refractivity contribution in [2.75, 3.05) is 27.9 Å². The fourth-order valence-corrected chi connectivity index (χ4v) is 7.47. The molecule has 0 radical (unpaired) electrons. The third-order valence-corrected chi connectivity index (χ3v) is 15.6. The van der Waals surface area contributed by atoms with Crippen LogP contribution in [-0.2, 0) is 60.4 Å². The standard InChI is InChI=1S/C45H70O11Si/c1-13-14-15-16-20-23-38(46)54-41-36(28-39(47)49-9)29-40(56-45(41,50-10)44(6,7)32-53-57(11,12)43(3,4)5)55-42(33(2)51-30-34-21-18-17-19-22-34)52-31-35-24-26-37(48-8)27-25-35/h17-19,21-22,24-28,33,40-42H,13-16,20,23,29-32H2,1-12H3/t33-,40-,41-,42?,45?/m0/s1. The molecule has 5 atom stereocenters. The Morgan fingerprint density at radius 3 is 2.12 bits per heavy atom. The van der Waals surface area contributed by atoms with E-state index in [2.05, 4.69) is 40.8 Å². The molecule has 2 aromatic rings. The summed E-state index contributed by atoms with van der Waals surface area (Å²) < 4.78 is 56.4. The number of hydrogen-bond donors (Lipinski definition) is 0. The van der Waals surface area contributed by atoms with Gasteiger partial charge in [-0.25, -0.2) is 4.79 Å². The van der Waals surface area contributed by atoms with Gasteiger partial charge >= 0.3 is 11.9 Å². The largest absolute Gasteiger partial charge is 0.497 e. The lowest BCUT2D eigenvalue weighted by molar-refractivity contribution is -0.402. The molecule has 320 valence electrons. The first kappa shape index (κ1) is 48.3. The van der Waals surface area contributed by atoms with Crippen LogP contribution in [0.1, 0.15) is 105 Å². The fourth-order valence-electron chi connectivity index (χ4n) is 6.32. The van der Waals surface area contributed by atoms with Crippen LogP contribution < -0.4 is 4.74 Å². The molecule has 0 bridgehead atoms. The highest BCUT2D eigenvalue weighted by Crippen LogP contribution is 2.49. The van der Waals surface area contributed by atoms with Crippen LogP contribution in [0, 0.1) is 5.41 Å². The van der Waals surface area contributed by atoms with Gasteiger partial charge in [-0.2, -0.15) is 0 Å². The summed E-state index contributed by atoms with van der Waals surface area (Å²) in [6.07, 6.45) is 2.75. The minimum absolute atomic E-state index is 0.0433.